The summed E-state index contributed by atoms with van der Waals surface area (Å²) in [4.78, 5) is 16.0. The Hall–Kier alpha value is -3.09. The number of hydrogen-bond acceptors (Lipinski definition) is 4. The predicted molar refractivity (Wildman–Crippen MR) is 94.6 cm³/mol. The van der Waals surface area contributed by atoms with Crippen molar-refractivity contribution in [2.24, 2.45) is 0 Å². The third-order valence-electron chi connectivity index (χ3n) is 3.08. The van der Waals surface area contributed by atoms with Crippen LogP contribution in [0.5, 0.6) is 0 Å². The van der Waals surface area contributed by atoms with E-state index in [1.165, 1.54) is 0 Å². The number of hydrogen-bond donors (Lipinski definition) is 2. The second-order valence-electron chi connectivity index (χ2n) is 5.37. The zero-order chi connectivity index (χ0) is 17.7. The SMILES string of the molecule is C=C/C(=C\C(=C)OC)c1ccc2nc(NC(=O)NC(C)C)cn2n1. The Kier molecular flexibility index (Phi) is 5.36. The molecular weight excluding hydrogens is 306 g/mol. The van der Waals surface area contributed by atoms with Crippen molar-refractivity contribution >= 4 is 23.1 Å². The largest absolute Gasteiger partial charge is 0.497 e. The number of aromatic nitrogens is 3. The van der Waals surface area contributed by atoms with Crippen LogP contribution in [0.1, 0.15) is 19.5 Å². The van der Waals surface area contributed by atoms with E-state index < -0.39 is 0 Å². The molecule has 2 aromatic heterocycles. The number of allylic oxidation sites excluding steroid dienone is 3. The lowest BCUT2D eigenvalue weighted by atomic mass is 10.1. The van der Waals surface area contributed by atoms with Crippen LogP contribution in [-0.4, -0.2) is 33.8 Å². The fourth-order valence-electron chi connectivity index (χ4n) is 1.98. The van der Waals surface area contributed by atoms with Crippen molar-refractivity contribution in [3.8, 4) is 0 Å². The number of methoxy groups -OCH3 is 1. The predicted octanol–water partition coefficient (Wildman–Crippen LogP) is 2.99. The second-order valence-corrected chi connectivity index (χ2v) is 5.37. The van der Waals surface area contributed by atoms with Gasteiger partial charge in [0.25, 0.3) is 0 Å². The van der Waals surface area contributed by atoms with Gasteiger partial charge in [-0.25, -0.2) is 14.3 Å². The number of ether oxygens (including phenoxy) is 1. The monoisotopic (exact) mass is 327 g/mol. The zero-order valence-electron chi connectivity index (χ0n) is 14.0. The highest BCUT2D eigenvalue weighted by Crippen LogP contribution is 2.17. The Balaban J connectivity index is 2.28. The van der Waals surface area contributed by atoms with E-state index in [4.69, 9.17) is 4.74 Å². The van der Waals surface area contributed by atoms with E-state index in [9.17, 15) is 4.79 Å². The number of nitrogens with one attached hydrogen (secondary N) is 2. The van der Waals surface area contributed by atoms with Gasteiger partial charge in [0.15, 0.2) is 11.5 Å². The van der Waals surface area contributed by atoms with Crippen LogP contribution in [0.4, 0.5) is 10.6 Å². The van der Waals surface area contributed by atoms with E-state index in [1.807, 2.05) is 19.9 Å². The molecule has 0 saturated heterocycles. The van der Waals surface area contributed by atoms with E-state index in [0.29, 0.717) is 22.9 Å². The summed E-state index contributed by atoms with van der Waals surface area (Å²) in [5.41, 5.74) is 2.07. The maximum Gasteiger partial charge on any atom is 0.320 e. The molecule has 0 unspecified atom stereocenters. The van der Waals surface area contributed by atoms with Gasteiger partial charge in [0, 0.05) is 11.6 Å². The lowest BCUT2D eigenvalue weighted by molar-refractivity contribution is 0.250. The van der Waals surface area contributed by atoms with E-state index in [0.717, 1.165) is 5.57 Å². The molecule has 7 nitrogen and oxygen atoms in total. The summed E-state index contributed by atoms with van der Waals surface area (Å²) in [5, 5.41) is 9.88. The molecule has 0 spiro atoms. The maximum atomic E-state index is 11.7. The van der Waals surface area contributed by atoms with Crippen LogP contribution in [0.2, 0.25) is 0 Å². The number of anilines is 1. The van der Waals surface area contributed by atoms with E-state index in [-0.39, 0.29) is 12.1 Å². The fraction of sp³-hybridized carbons (Fsp3) is 0.235. The first-order valence-electron chi connectivity index (χ1n) is 7.44. The van der Waals surface area contributed by atoms with Gasteiger partial charge in [-0.2, -0.15) is 5.10 Å². The smallest absolute Gasteiger partial charge is 0.320 e. The van der Waals surface area contributed by atoms with Gasteiger partial charge in [0.1, 0.15) is 5.76 Å². The van der Waals surface area contributed by atoms with Crippen LogP contribution >= 0.6 is 0 Å². The van der Waals surface area contributed by atoms with E-state index >= 15 is 0 Å². The summed E-state index contributed by atoms with van der Waals surface area (Å²) in [6.45, 7) is 11.3. The molecule has 126 valence electrons. The van der Waals surface area contributed by atoms with Crippen molar-refractivity contribution in [2.75, 3.05) is 12.4 Å². The highest BCUT2D eigenvalue weighted by Gasteiger charge is 2.09. The Morgan fingerprint density at radius 1 is 1.42 bits per heavy atom. The molecule has 0 atom stereocenters. The summed E-state index contributed by atoms with van der Waals surface area (Å²) in [5.74, 6) is 0.924. The lowest BCUT2D eigenvalue weighted by Crippen LogP contribution is -2.34. The van der Waals surface area contributed by atoms with E-state index in [1.54, 1.807) is 36.0 Å². The van der Waals surface area contributed by atoms with Gasteiger partial charge in [0.05, 0.1) is 19.0 Å². The van der Waals surface area contributed by atoms with Crippen LogP contribution in [-0.2, 0) is 4.74 Å². The topological polar surface area (TPSA) is 80.5 Å². The minimum Gasteiger partial charge on any atom is -0.497 e. The molecule has 0 saturated carbocycles. The number of carbonyl (C=O) groups is 1. The Bertz CT molecular complexity index is 804. The molecule has 2 aromatic rings. The number of nitrogens with zero attached hydrogens (tertiary/aromatic N) is 3. The number of fused-ring (bicyclic) bond motifs is 1. The van der Waals surface area contributed by atoms with Gasteiger partial charge in [-0.05, 0) is 32.1 Å². The summed E-state index contributed by atoms with van der Waals surface area (Å²) < 4.78 is 6.64. The lowest BCUT2D eigenvalue weighted by Gasteiger charge is -2.07. The first-order valence-corrected chi connectivity index (χ1v) is 7.44. The Morgan fingerprint density at radius 3 is 2.79 bits per heavy atom. The standard InChI is InChI=1S/C17H21N5O2/c1-6-13(9-12(4)24-5)14-7-8-16-19-15(10-22(16)21-14)20-17(23)18-11(2)3/h6-11H,1,4H2,2-3,5H3,(H2,18,20,23)/b13-9+. The third kappa shape index (κ3) is 4.22. The maximum absolute atomic E-state index is 11.7. The zero-order valence-corrected chi connectivity index (χ0v) is 14.0. The molecule has 2 rings (SSSR count). The first-order chi connectivity index (χ1) is 11.4. The number of rotatable bonds is 6. The molecule has 2 amide bonds. The molecule has 0 fully saturated rings. The van der Waals surface area contributed by atoms with Crippen LogP contribution in [0.15, 0.2) is 49.4 Å². The molecular formula is C17H21N5O2. The third-order valence-corrected chi connectivity index (χ3v) is 3.08. The molecule has 2 heterocycles. The highest BCUT2D eigenvalue weighted by molar-refractivity contribution is 5.88. The molecule has 0 bridgehead atoms. The van der Waals surface area contributed by atoms with Crippen molar-refractivity contribution < 1.29 is 9.53 Å². The molecule has 7 heteroatoms. The van der Waals surface area contributed by atoms with Crippen LogP contribution in [0.3, 0.4) is 0 Å². The summed E-state index contributed by atoms with van der Waals surface area (Å²) in [6, 6.07) is 3.36. The molecule has 0 aliphatic rings. The van der Waals surface area contributed by atoms with Crippen molar-refractivity contribution in [1.29, 1.82) is 0 Å². The van der Waals surface area contributed by atoms with Gasteiger partial charge in [-0.15, -0.1) is 0 Å². The number of imidazole rings is 1. The molecule has 0 aromatic carbocycles. The molecule has 0 aliphatic carbocycles. The van der Waals surface area contributed by atoms with Crippen molar-refractivity contribution in [3.05, 3.63) is 55.1 Å². The van der Waals surface area contributed by atoms with Crippen molar-refractivity contribution in [1.82, 2.24) is 19.9 Å². The average molecular weight is 327 g/mol. The number of amides is 2. The highest BCUT2D eigenvalue weighted by atomic mass is 16.5. The van der Waals surface area contributed by atoms with Crippen molar-refractivity contribution in [3.63, 3.8) is 0 Å². The molecule has 0 radical (unpaired) electrons. The minimum atomic E-state index is -0.309. The average Bonchev–Trinajstić information content (AvgIpc) is 2.92. The molecule has 2 N–H and O–H groups in total. The summed E-state index contributed by atoms with van der Waals surface area (Å²) in [7, 11) is 1.55. The summed E-state index contributed by atoms with van der Waals surface area (Å²) in [6.07, 6.45) is 5.06. The second kappa shape index (κ2) is 7.45. The first kappa shape index (κ1) is 17.3. The van der Waals surface area contributed by atoms with Gasteiger partial charge in [-0.3, -0.25) is 5.32 Å². The van der Waals surface area contributed by atoms with Crippen LogP contribution in [0.25, 0.3) is 11.2 Å². The van der Waals surface area contributed by atoms with Gasteiger partial charge >= 0.3 is 6.03 Å². The number of carbonyl (C=O) groups excluding carboxylic acids is 1. The molecule has 24 heavy (non-hydrogen) atoms. The van der Waals surface area contributed by atoms with Gasteiger partial charge < -0.3 is 10.1 Å². The normalized spacial score (nSPS) is 11.4. The number of urea groups is 1. The Morgan fingerprint density at radius 2 is 2.17 bits per heavy atom. The van der Waals surface area contributed by atoms with Crippen LogP contribution in [0, 0.1) is 0 Å². The van der Waals surface area contributed by atoms with Gasteiger partial charge in [0.2, 0.25) is 0 Å². The minimum absolute atomic E-state index is 0.0425. The van der Waals surface area contributed by atoms with Crippen LogP contribution < -0.4 is 10.6 Å². The Labute approximate surface area is 140 Å². The van der Waals surface area contributed by atoms with Crippen molar-refractivity contribution in [2.45, 2.75) is 19.9 Å². The van der Waals surface area contributed by atoms with E-state index in [2.05, 4.69) is 33.9 Å². The fourth-order valence-corrected chi connectivity index (χ4v) is 1.98. The molecule has 0 aliphatic heterocycles. The summed E-state index contributed by atoms with van der Waals surface area (Å²) >= 11 is 0. The quantitative estimate of drug-likeness (QED) is 0.631. The van der Waals surface area contributed by atoms with Gasteiger partial charge in [-0.1, -0.05) is 19.2 Å².